The highest BCUT2D eigenvalue weighted by atomic mass is 19.4. The summed E-state index contributed by atoms with van der Waals surface area (Å²) >= 11 is 0. The van der Waals surface area contributed by atoms with Gasteiger partial charge in [-0.2, -0.15) is 22.0 Å². The van der Waals surface area contributed by atoms with Crippen molar-refractivity contribution in [1.82, 2.24) is 19.4 Å². The molecule has 0 atom stereocenters. The molecule has 11 heteroatoms. The van der Waals surface area contributed by atoms with Gasteiger partial charge in [0.2, 0.25) is 0 Å². The maximum absolute atomic E-state index is 13.9. The molecule has 0 fully saturated rings. The van der Waals surface area contributed by atoms with E-state index >= 15 is 0 Å². The number of fused-ring (bicyclic) bond motifs is 3. The minimum Gasteiger partial charge on any atom is -0.494 e. The Bertz CT molecular complexity index is 1300. The van der Waals surface area contributed by atoms with Crippen LogP contribution in [-0.4, -0.2) is 33.1 Å². The summed E-state index contributed by atoms with van der Waals surface area (Å²) in [5, 5.41) is 0. The molecule has 31 heavy (non-hydrogen) atoms. The first kappa shape index (κ1) is 20.8. The fourth-order valence-corrected chi connectivity index (χ4v) is 3.49. The second-order valence-electron chi connectivity index (χ2n) is 6.73. The summed E-state index contributed by atoms with van der Waals surface area (Å²) < 4.78 is 78.2. The summed E-state index contributed by atoms with van der Waals surface area (Å²) in [6, 6.07) is 3.92. The average molecular weight is 438 g/mol. The van der Waals surface area contributed by atoms with E-state index < -0.39 is 18.5 Å². The van der Waals surface area contributed by atoms with Gasteiger partial charge in [0, 0.05) is 30.1 Å². The molecular formula is C20H15F5N4O2. The Kier molecular flexibility index (Phi) is 4.91. The quantitative estimate of drug-likeness (QED) is 0.411. The lowest BCUT2D eigenvalue weighted by Gasteiger charge is -2.14. The molecular weight excluding hydrogens is 423 g/mol. The van der Waals surface area contributed by atoms with Gasteiger partial charge in [-0.05, 0) is 25.5 Å². The standard InChI is InChI=1S/C20H15F5N4O2/c1-9-8-26-5-4-12(9)18-28-17(20(23,24)25)16-10(2)27-15-13(29(16)18)6-11(31-19(21)22)7-14(15)30-3/h4-8,19H,1-3H3. The maximum Gasteiger partial charge on any atom is 0.435 e. The van der Waals surface area contributed by atoms with Crippen LogP contribution in [-0.2, 0) is 6.18 Å². The summed E-state index contributed by atoms with van der Waals surface area (Å²) in [5.41, 5.74) is -0.152. The van der Waals surface area contributed by atoms with Crippen LogP contribution >= 0.6 is 0 Å². The van der Waals surface area contributed by atoms with Crippen LogP contribution in [0.1, 0.15) is 17.0 Å². The number of aryl methyl sites for hydroxylation is 2. The van der Waals surface area contributed by atoms with Crippen molar-refractivity contribution in [3.8, 4) is 22.9 Å². The third-order valence-electron chi connectivity index (χ3n) is 4.74. The Balaban J connectivity index is 2.22. The SMILES string of the molecule is COc1cc(OC(F)F)cc2c1nc(C)c1c(C(F)(F)F)nc(-c3ccncc3C)n12. The van der Waals surface area contributed by atoms with Crippen molar-refractivity contribution >= 4 is 16.6 Å². The molecule has 0 spiro atoms. The first-order valence-corrected chi connectivity index (χ1v) is 8.95. The van der Waals surface area contributed by atoms with Gasteiger partial charge in [0.05, 0.1) is 23.8 Å². The van der Waals surface area contributed by atoms with Crippen LogP contribution in [0.4, 0.5) is 22.0 Å². The Labute approximate surface area is 172 Å². The molecule has 6 nitrogen and oxygen atoms in total. The van der Waals surface area contributed by atoms with Gasteiger partial charge in [0.1, 0.15) is 22.8 Å². The molecule has 0 bridgehead atoms. The van der Waals surface area contributed by atoms with Gasteiger partial charge in [-0.25, -0.2) is 9.97 Å². The molecule has 3 aromatic heterocycles. The number of rotatable bonds is 4. The second kappa shape index (κ2) is 7.33. The Hall–Kier alpha value is -3.50. The number of imidazole rings is 1. The van der Waals surface area contributed by atoms with Gasteiger partial charge >= 0.3 is 12.8 Å². The predicted molar refractivity (Wildman–Crippen MR) is 101 cm³/mol. The molecule has 0 amide bonds. The molecule has 4 rings (SSSR count). The van der Waals surface area contributed by atoms with Gasteiger partial charge in [0.15, 0.2) is 5.69 Å². The van der Waals surface area contributed by atoms with Crippen molar-refractivity contribution < 1.29 is 31.4 Å². The second-order valence-corrected chi connectivity index (χ2v) is 6.73. The van der Waals surface area contributed by atoms with Gasteiger partial charge in [-0.15, -0.1) is 0 Å². The molecule has 0 unspecified atom stereocenters. The molecule has 3 heterocycles. The van der Waals surface area contributed by atoms with Crippen molar-refractivity contribution in [2.45, 2.75) is 26.6 Å². The van der Waals surface area contributed by atoms with Gasteiger partial charge in [-0.3, -0.25) is 9.38 Å². The molecule has 0 N–H and O–H groups in total. The van der Waals surface area contributed by atoms with Crippen LogP contribution in [0.2, 0.25) is 0 Å². The minimum absolute atomic E-state index is 0.0334. The summed E-state index contributed by atoms with van der Waals surface area (Å²) in [7, 11) is 1.30. The molecule has 162 valence electrons. The van der Waals surface area contributed by atoms with E-state index in [-0.39, 0.29) is 39.6 Å². The van der Waals surface area contributed by atoms with E-state index in [0.717, 1.165) is 0 Å². The van der Waals surface area contributed by atoms with Gasteiger partial charge < -0.3 is 9.47 Å². The Morgan fingerprint density at radius 3 is 2.45 bits per heavy atom. The van der Waals surface area contributed by atoms with Crippen molar-refractivity contribution in [2.24, 2.45) is 0 Å². The molecule has 0 aliphatic carbocycles. The van der Waals surface area contributed by atoms with Crippen molar-refractivity contribution in [1.29, 1.82) is 0 Å². The lowest BCUT2D eigenvalue weighted by atomic mass is 10.1. The number of ether oxygens (including phenoxy) is 2. The maximum atomic E-state index is 13.9. The summed E-state index contributed by atoms with van der Waals surface area (Å²) in [6.07, 6.45) is -1.85. The summed E-state index contributed by atoms with van der Waals surface area (Å²) in [4.78, 5) is 12.1. The van der Waals surface area contributed by atoms with E-state index in [0.29, 0.717) is 11.1 Å². The van der Waals surface area contributed by atoms with E-state index in [1.807, 2.05) is 0 Å². The first-order valence-electron chi connectivity index (χ1n) is 8.95. The number of nitrogens with zero attached hydrogens (tertiary/aromatic N) is 4. The van der Waals surface area contributed by atoms with Crippen LogP contribution in [0.15, 0.2) is 30.6 Å². The number of pyridine rings is 1. The highest BCUT2D eigenvalue weighted by molar-refractivity contribution is 5.89. The topological polar surface area (TPSA) is 61.5 Å². The lowest BCUT2D eigenvalue weighted by Crippen LogP contribution is -2.08. The van der Waals surface area contributed by atoms with Crippen LogP contribution in [0, 0.1) is 13.8 Å². The number of aromatic nitrogens is 4. The van der Waals surface area contributed by atoms with Crippen LogP contribution < -0.4 is 9.47 Å². The number of methoxy groups -OCH3 is 1. The molecule has 0 radical (unpaired) electrons. The summed E-state index contributed by atoms with van der Waals surface area (Å²) in [5.74, 6) is -0.252. The molecule has 0 saturated carbocycles. The normalized spacial score (nSPS) is 12.2. The van der Waals surface area contributed by atoms with Crippen molar-refractivity contribution in [2.75, 3.05) is 7.11 Å². The third kappa shape index (κ3) is 3.49. The fraction of sp³-hybridized carbons (Fsp3) is 0.250. The van der Waals surface area contributed by atoms with Gasteiger partial charge in [0.25, 0.3) is 0 Å². The summed E-state index contributed by atoms with van der Waals surface area (Å²) in [6.45, 7) is -0.0389. The average Bonchev–Trinajstić information content (AvgIpc) is 3.10. The third-order valence-corrected chi connectivity index (χ3v) is 4.74. The van der Waals surface area contributed by atoms with Crippen LogP contribution in [0.5, 0.6) is 11.5 Å². The Morgan fingerprint density at radius 2 is 1.84 bits per heavy atom. The minimum atomic E-state index is -4.77. The van der Waals surface area contributed by atoms with E-state index in [1.165, 1.54) is 49.0 Å². The first-order chi connectivity index (χ1) is 14.6. The zero-order valence-electron chi connectivity index (χ0n) is 16.5. The zero-order chi connectivity index (χ0) is 22.5. The highest BCUT2D eigenvalue weighted by Gasteiger charge is 2.39. The smallest absolute Gasteiger partial charge is 0.435 e. The van der Waals surface area contributed by atoms with Crippen LogP contribution in [0.25, 0.3) is 27.9 Å². The van der Waals surface area contributed by atoms with Crippen molar-refractivity contribution in [3.05, 3.63) is 47.5 Å². The van der Waals surface area contributed by atoms with E-state index in [1.54, 1.807) is 6.92 Å². The molecule has 4 aromatic rings. The molecule has 0 aliphatic rings. The molecule has 0 saturated heterocycles. The van der Waals surface area contributed by atoms with Crippen LogP contribution in [0.3, 0.4) is 0 Å². The number of alkyl halides is 5. The zero-order valence-corrected chi connectivity index (χ0v) is 16.5. The number of hydrogen-bond donors (Lipinski definition) is 0. The molecule has 1 aromatic carbocycles. The number of hydrogen-bond acceptors (Lipinski definition) is 5. The lowest BCUT2D eigenvalue weighted by molar-refractivity contribution is -0.139. The van der Waals surface area contributed by atoms with Crippen molar-refractivity contribution in [3.63, 3.8) is 0 Å². The largest absolute Gasteiger partial charge is 0.494 e. The number of halogens is 5. The van der Waals surface area contributed by atoms with Gasteiger partial charge in [-0.1, -0.05) is 0 Å². The van der Waals surface area contributed by atoms with E-state index in [2.05, 4.69) is 19.7 Å². The highest BCUT2D eigenvalue weighted by Crippen LogP contribution is 2.40. The predicted octanol–water partition coefficient (Wildman–Crippen LogP) is 5.19. The fourth-order valence-electron chi connectivity index (χ4n) is 3.49. The van der Waals surface area contributed by atoms with E-state index in [9.17, 15) is 22.0 Å². The van der Waals surface area contributed by atoms with E-state index in [4.69, 9.17) is 4.74 Å². The Morgan fingerprint density at radius 1 is 1.10 bits per heavy atom. The number of benzene rings is 1. The monoisotopic (exact) mass is 438 g/mol. The molecule has 0 aliphatic heterocycles.